The molecule has 0 aliphatic carbocycles. The lowest BCUT2D eigenvalue weighted by molar-refractivity contribution is -0.137. The lowest BCUT2D eigenvalue weighted by atomic mass is 10.0. The topological polar surface area (TPSA) is 20.2 Å². The molecule has 2 aromatic carbocycles. The van der Waals surface area contributed by atoms with Gasteiger partial charge in [-0.25, -0.2) is 0 Å². The van der Waals surface area contributed by atoms with Crippen molar-refractivity contribution in [3.05, 3.63) is 70.2 Å². The summed E-state index contributed by atoms with van der Waals surface area (Å²) in [5.74, 6) is 0. The predicted octanol–water partition coefficient (Wildman–Crippen LogP) is 4.44. The van der Waals surface area contributed by atoms with Gasteiger partial charge in [0.25, 0.3) is 0 Å². The second-order valence-corrected chi connectivity index (χ2v) is 4.51. The Labute approximate surface area is 113 Å². The van der Waals surface area contributed by atoms with Gasteiger partial charge < -0.3 is 5.11 Å². The lowest BCUT2D eigenvalue weighted by Crippen LogP contribution is -2.06. The van der Waals surface area contributed by atoms with E-state index in [1.807, 2.05) is 0 Å². The zero-order valence-electron chi connectivity index (χ0n) is 9.66. The first-order chi connectivity index (χ1) is 8.88. The van der Waals surface area contributed by atoms with Crippen molar-refractivity contribution >= 4 is 11.6 Å². The molecule has 1 N–H and O–H groups in total. The van der Waals surface area contributed by atoms with Gasteiger partial charge >= 0.3 is 6.18 Å². The van der Waals surface area contributed by atoms with Crippen LogP contribution in [0.4, 0.5) is 13.2 Å². The van der Waals surface area contributed by atoms with Gasteiger partial charge in [0.2, 0.25) is 0 Å². The molecule has 0 aromatic heterocycles. The largest absolute Gasteiger partial charge is 0.416 e. The Kier molecular flexibility index (Phi) is 3.83. The first kappa shape index (κ1) is 13.9. The molecule has 0 saturated carbocycles. The Morgan fingerprint density at radius 3 is 1.68 bits per heavy atom. The molecule has 5 heteroatoms. The average Bonchev–Trinajstić information content (AvgIpc) is 2.38. The van der Waals surface area contributed by atoms with Crippen LogP contribution in [0.2, 0.25) is 5.02 Å². The summed E-state index contributed by atoms with van der Waals surface area (Å²) in [7, 11) is 0. The minimum Gasteiger partial charge on any atom is -0.384 e. The fourth-order valence-corrected chi connectivity index (χ4v) is 1.82. The van der Waals surface area contributed by atoms with Crippen LogP contribution in [0, 0.1) is 0 Å². The van der Waals surface area contributed by atoms with E-state index in [9.17, 15) is 18.3 Å². The highest BCUT2D eigenvalue weighted by atomic mass is 35.5. The van der Waals surface area contributed by atoms with Gasteiger partial charge in [-0.15, -0.1) is 0 Å². The van der Waals surface area contributed by atoms with Gasteiger partial charge in [-0.1, -0.05) is 35.9 Å². The molecule has 1 nitrogen and oxygen atoms in total. The Bertz CT molecular complexity index is 546. The number of aliphatic hydroxyl groups excluding tert-OH is 1. The second kappa shape index (κ2) is 5.23. The van der Waals surface area contributed by atoms with Crippen molar-refractivity contribution in [1.29, 1.82) is 0 Å². The van der Waals surface area contributed by atoms with Gasteiger partial charge in [-0.2, -0.15) is 13.2 Å². The molecule has 0 saturated heterocycles. The van der Waals surface area contributed by atoms with Crippen molar-refractivity contribution in [2.75, 3.05) is 0 Å². The van der Waals surface area contributed by atoms with Crippen LogP contribution >= 0.6 is 11.6 Å². The second-order valence-electron chi connectivity index (χ2n) is 4.07. The number of aliphatic hydroxyl groups is 1. The van der Waals surface area contributed by atoms with Gasteiger partial charge in [0.15, 0.2) is 0 Å². The smallest absolute Gasteiger partial charge is 0.384 e. The number of hydrogen-bond donors (Lipinski definition) is 1. The minimum atomic E-state index is -4.37. The van der Waals surface area contributed by atoms with E-state index >= 15 is 0 Å². The normalized spacial score (nSPS) is 13.3. The summed E-state index contributed by atoms with van der Waals surface area (Å²) in [5.41, 5.74) is 0.235. The lowest BCUT2D eigenvalue weighted by Gasteiger charge is -2.13. The quantitative estimate of drug-likeness (QED) is 0.865. The molecule has 0 spiro atoms. The third-order valence-electron chi connectivity index (χ3n) is 2.74. The summed E-state index contributed by atoms with van der Waals surface area (Å²) >= 11 is 5.73. The summed E-state index contributed by atoms with van der Waals surface area (Å²) in [5, 5.41) is 10.6. The van der Waals surface area contributed by atoms with Crippen LogP contribution in [0.25, 0.3) is 0 Å². The molecule has 0 amide bonds. The summed E-state index contributed by atoms with van der Waals surface area (Å²) in [6.07, 6.45) is -5.34. The summed E-state index contributed by atoms with van der Waals surface area (Å²) < 4.78 is 37.2. The first-order valence-corrected chi connectivity index (χ1v) is 5.86. The number of hydrogen-bond acceptors (Lipinski definition) is 1. The number of benzene rings is 2. The van der Waals surface area contributed by atoms with Crippen LogP contribution in [0.1, 0.15) is 22.8 Å². The van der Waals surface area contributed by atoms with Crippen LogP contribution in [0.3, 0.4) is 0 Å². The van der Waals surface area contributed by atoms with Crippen molar-refractivity contribution in [2.24, 2.45) is 0 Å². The van der Waals surface area contributed by atoms with E-state index in [0.717, 1.165) is 12.1 Å². The summed E-state index contributed by atoms with van der Waals surface area (Å²) in [6.45, 7) is 0. The van der Waals surface area contributed by atoms with Gasteiger partial charge in [0, 0.05) is 5.02 Å². The molecule has 100 valence electrons. The fraction of sp³-hybridized carbons (Fsp3) is 0.143. The molecule has 0 aliphatic heterocycles. The molecule has 19 heavy (non-hydrogen) atoms. The number of alkyl halides is 3. The Balaban J connectivity index is 2.25. The van der Waals surface area contributed by atoms with Crippen molar-refractivity contribution in [2.45, 2.75) is 12.3 Å². The van der Waals surface area contributed by atoms with Crippen molar-refractivity contribution in [3.8, 4) is 0 Å². The maximum Gasteiger partial charge on any atom is 0.416 e. The summed E-state index contributed by atoms with van der Waals surface area (Å²) in [6, 6.07) is 10.9. The highest BCUT2D eigenvalue weighted by Gasteiger charge is 2.30. The van der Waals surface area contributed by atoms with Gasteiger partial charge in [0.05, 0.1) is 5.56 Å². The van der Waals surface area contributed by atoms with E-state index in [1.54, 1.807) is 24.3 Å². The van der Waals surface area contributed by atoms with E-state index < -0.39 is 17.8 Å². The van der Waals surface area contributed by atoms with Crippen molar-refractivity contribution in [1.82, 2.24) is 0 Å². The fourth-order valence-electron chi connectivity index (χ4n) is 1.69. The maximum absolute atomic E-state index is 12.4. The van der Waals surface area contributed by atoms with Crippen LogP contribution in [-0.4, -0.2) is 5.11 Å². The van der Waals surface area contributed by atoms with E-state index in [0.29, 0.717) is 16.1 Å². The molecule has 2 aromatic rings. The molecule has 0 bridgehead atoms. The van der Waals surface area contributed by atoms with E-state index in [2.05, 4.69) is 0 Å². The first-order valence-electron chi connectivity index (χ1n) is 5.48. The minimum absolute atomic E-state index is 0.398. The van der Waals surface area contributed by atoms with Gasteiger partial charge in [-0.05, 0) is 35.4 Å². The maximum atomic E-state index is 12.4. The SMILES string of the molecule is O[C@H](c1ccc(Cl)cc1)c1ccc(C(F)(F)F)cc1. The molecule has 0 heterocycles. The molecule has 0 fully saturated rings. The van der Waals surface area contributed by atoms with E-state index in [4.69, 9.17) is 11.6 Å². The molecule has 2 rings (SSSR count). The number of rotatable bonds is 2. The van der Waals surface area contributed by atoms with Crippen molar-refractivity contribution in [3.63, 3.8) is 0 Å². The monoisotopic (exact) mass is 286 g/mol. The molecular formula is C14H10ClF3O. The third-order valence-corrected chi connectivity index (χ3v) is 2.99. The van der Waals surface area contributed by atoms with E-state index in [1.165, 1.54) is 12.1 Å². The Morgan fingerprint density at radius 1 is 0.842 bits per heavy atom. The average molecular weight is 287 g/mol. The van der Waals surface area contributed by atoms with Crippen LogP contribution < -0.4 is 0 Å². The predicted molar refractivity (Wildman–Crippen MR) is 67.0 cm³/mol. The van der Waals surface area contributed by atoms with Crippen molar-refractivity contribution < 1.29 is 18.3 Å². The van der Waals surface area contributed by atoms with E-state index in [-0.39, 0.29) is 0 Å². The standard InChI is InChI=1S/C14H10ClF3O/c15-12-7-3-10(4-8-12)13(19)9-1-5-11(6-2-9)14(16,17)18/h1-8,13,19H/t13-/m0/s1. The highest BCUT2D eigenvalue weighted by molar-refractivity contribution is 6.30. The Hall–Kier alpha value is -1.52. The number of halogens is 4. The molecular weight excluding hydrogens is 277 g/mol. The zero-order valence-corrected chi connectivity index (χ0v) is 10.4. The van der Waals surface area contributed by atoms with Crippen LogP contribution in [-0.2, 0) is 6.18 Å². The highest BCUT2D eigenvalue weighted by Crippen LogP contribution is 2.31. The molecule has 0 radical (unpaired) electrons. The Morgan fingerprint density at radius 2 is 1.26 bits per heavy atom. The zero-order chi connectivity index (χ0) is 14.0. The van der Waals surface area contributed by atoms with Gasteiger partial charge in [-0.3, -0.25) is 0 Å². The molecule has 0 unspecified atom stereocenters. The molecule has 1 atom stereocenters. The molecule has 0 aliphatic rings. The summed E-state index contributed by atoms with van der Waals surface area (Å²) in [4.78, 5) is 0. The van der Waals surface area contributed by atoms with Crippen LogP contribution in [0.15, 0.2) is 48.5 Å². The third kappa shape index (κ3) is 3.28. The van der Waals surface area contributed by atoms with Gasteiger partial charge in [0.1, 0.15) is 6.10 Å². The van der Waals surface area contributed by atoms with Crippen LogP contribution in [0.5, 0.6) is 0 Å².